The number of aromatic nitrogens is 1. The zero-order chi connectivity index (χ0) is 13.2. The molecule has 0 spiro atoms. The molecule has 1 aromatic heterocycles. The summed E-state index contributed by atoms with van der Waals surface area (Å²) in [5, 5.41) is 1.16. The lowest BCUT2D eigenvalue weighted by Gasteiger charge is -2.17. The van der Waals surface area contributed by atoms with Crippen molar-refractivity contribution in [3.63, 3.8) is 0 Å². The standard InChI is InChI=1S/C9H12F3N3OS/c1-5(13)8(16)15(2)3-7-14-6(4-17-7)9(10,11)12/h4-5H,3,13H2,1-2H3/t5-/m0/s1. The molecule has 4 nitrogen and oxygen atoms in total. The van der Waals surface area contributed by atoms with Crippen molar-refractivity contribution in [1.29, 1.82) is 0 Å². The molecule has 0 bridgehead atoms. The average molecular weight is 267 g/mol. The second-order valence-corrected chi connectivity index (χ2v) is 4.55. The van der Waals surface area contributed by atoms with Crippen LogP contribution in [0.2, 0.25) is 0 Å². The number of likely N-dealkylation sites (N-methyl/N-ethyl adjacent to an activating group) is 1. The maximum atomic E-state index is 12.3. The second kappa shape index (κ2) is 5.01. The van der Waals surface area contributed by atoms with E-state index in [4.69, 9.17) is 5.73 Å². The Morgan fingerprint density at radius 3 is 2.65 bits per heavy atom. The first-order valence-electron chi connectivity index (χ1n) is 4.74. The van der Waals surface area contributed by atoms with E-state index in [9.17, 15) is 18.0 Å². The highest BCUT2D eigenvalue weighted by Gasteiger charge is 2.33. The van der Waals surface area contributed by atoms with Crippen LogP contribution in [-0.4, -0.2) is 28.9 Å². The summed E-state index contributed by atoms with van der Waals surface area (Å²) in [4.78, 5) is 16.1. The van der Waals surface area contributed by atoms with Gasteiger partial charge in [-0.25, -0.2) is 4.98 Å². The molecule has 17 heavy (non-hydrogen) atoms. The molecule has 1 aromatic rings. The monoisotopic (exact) mass is 267 g/mol. The Labute approximate surface area is 100 Å². The topological polar surface area (TPSA) is 59.2 Å². The van der Waals surface area contributed by atoms with Crippen LogP contribution in [0.4, 0.5) is 13.2 Å². The van der Waals surface area contributed by atoms with Gasteiger partial charge in [-0.05, 0) is 6.92 Å². The van der Waals surface area contributed by atoms with E-state index in [1.807, 2.05) is 0 Å². The summed E-state index contributed by atoms with van der Waals surface area (Å²) in [7, 11) is 1.47. The quantitative estimate of drug-likeness (QED) is 0.902. The fourth-order valence-corrected chi connectivity index (χ4v) is 2.00. The van der Waals surface area contributed by atoms with Crippen LogP contribution in [0.1, 0.15) is 17.6 Å². The van der Waals surface area contributed by atoms with E-state index >= 15 is 0 Å². The molecule has 1 heterocycles. The number of hydrogen-bond acceptors (Lipinski definition) is 4. The molecule has 8 heteroatoms. The highest BCUT2D eigenvalue weighted by Crippen LogP contribution is 2.30. The lowest BCUT2D eigenvalue weighted by molar-refractivity contribution is -0.140. The van der Waals surface area contributed by atoms with Crippen molar-refractivity contribution in [2.75, 3.05) is 7.05 Å². The summed E-state index contributed by atoms with van der Waals surface area (Å²) in [6, 6.07) is -0.679. The molecule has 0 aliphatic heterocycles. The van der Waals surface area contributed by atoms with E-state index in [1.54, 1.807) is 0 Å². The van der Waals surface area contributed by atoms with E-state index in [0.717, 1.165) is 16.7 Å². The van der Waals surface area contributed by atoms with Crippen molar-refractivity contribution >= 4 is 17.2 Å². The van der Waals surface area contributed by atoms with Crippen LogP contribution in [0.15, 0.2) is 5.38 Å². The Morgan fingerprint density at radius 2 is 2.24 bits per heavy atom. The van der Waals surface area contributed by atoms with E-state index in [-0.39, 0.29) is 17.5 Å². The maximum Gasteiger partial charge on any atom is 0.434 e. The first-order valence-corrected chi connectivity index (χ1v) is 5.62. The van der Waals surface area contributed by atoms with Gasteiger partial charge in [-0.1, -0.05) is 0 Å². The maximum absolute atomic E-state index is 12.3. The van der Waals surface area contributed by atoms with Crippen molar-refractivity contribution in [1.82, 2.24) is 9.88 Å². The average Bonchev–Trinajstić information content (AvgIpc) is 2.64. The Kier molecular flexibility index (Phi) is 4.10. The summed E-state index contributed by atoms with van der Waals surface area (Å²) >= 11 is 0.868. The fourth-order valence-electron chi connectivity index (χ4n) is 1.14. The summed E-state index contributed by atoms with van der Waals surface area (Å²) in [6.45, 7) is 1.54. The number of amides is 1. The molecule has 96 valence electrons. The molecule has 0 unspecified atom stereocenters. The predicted molar refractivity (Wildman–Crippen MR) is 57.2 cm³/mol. The molecule has 0 aliphatic carbocycles. The van der Waals surface area contributed by atoms with Crippen molar-refractivity contribution < 1.29 is 18.0 Å². The Morgan fingerprint density at radius 1 is 1.65 bits per heavy atom. The molecular formula is C9H12F3N3OS. The van der Waals surface area contributed by atoms with Crippen molar-refractivity contribution in [2.24, 2.45) is 5.73 Å². The van der Waals surface area contributed by atoms with Gasteiger partial charge in [0.1, 0.15) is 5.01 Å². The summed E-state index contributed by atoms with van der Waals surface area (Å²) < 4.78 is 36.8. The number of carbonyl (C=O) groups excluding carboxylic acids is 1. The van der Waals surface area contributed by atoms with Gasteiger partial charge in [0.2, 0.25) is 5.91 Å². The minimum atomic E-state index is -4.45. The number of thiazole rings is 1. The molecule has 0 fully saturated rings. The fraction of sp³-hybridized carbons (Fsp3) is 0.556. The van der Waals surface area contributed by atoms with Crippen LogP contribution < -0.4 is 5.73 Å². The largest absolute Gasteiger partial charge is 0.434 e. The molecule has 2 N–H and O–H groups in total. The van der Waals surface area contributed by atoms with Crippen molar-refractivity contribution in [3.8, 4) is 0 Å². The van der Waals surface area contributed by atoms with Gasteiger partial charge in [0, 0.05) is 12.4 Å². The minimum absolute atomic E-state index is 0.0289. The number of hydrogen-bond donors (Lipinski definition) is 1. The van der Waals surface area contributed by atoms with E-state index in [0.29, 0.717) is 0 Å². The van der Waals surface area contributed by atoms with Gasteiger partial charge in [0.25, 0.3) is 0 Å². The van der Waals surface area contributed by atoms with Gasteiger partial charge in [-0.15, -0.1) is 11.3 Å². The lowest BCUT2D eigenvalue weighted by atomic mass is 10.3. The lowest BCUT2D eigenvalue weighted by Crippen LogP contribution is -2.39. The zero-order valence-electron chi connectivity index (χ0n) is 9.28. The normalized spacial score (nSPS) is 13.5. The first kappa shape index (κ1) is 13.9. The van der Waals surface area contributed by atoms with Crippen LogP contribution in [0.5, 0.6) is 0 Å². The van der Waals surface area contributed by atoms with Gasteiger partial charge in [0.05, 0.1) is 12.6 Å². The molecular weight excluding hydrogens is 255 g/mol. The predicted octanol–water partition coefficient (Wildman–Crippen LogP) is 1.47. The molecule has 1 atom stereocenters. The first-order chi connectivity index (χ1) is 7.71. The number of halogens is 3. The molecule has 0 aliphatic rings. The Balaban J connectivity index is 2.70. The molecule has 1 amide bonds. The number of alkyl halides is 3. The van der Waals surface area contributed by atoms with Gasteiger partial charge in [-0.3, -0.25) is 4.79 Å². The van der Waals surface area contributed by atoms with Crippen LogP contribution in [0, 0.1) is 0 Å². The van der Waals surface area contributed by atoms with Gasteiger partial charge < -0.3 is 10.6 Å². The van der Waals surface area contributed by atoms with Gasteiger partial charge in [0.15, 0.2) is 5.69 Å². The summed E-state index contributed by atoms with van der Waals surface area (Å²) in [6.07, 6.45) is -4.45. The number of nitrogens with two attached hydrogens (primary N) is 1. The van der Waals surface area contributed by atoms with Crippen molar-refractivity contribution in [2.45, 2.75) is 25.7 Å². The van der Waals surface area contributed by atoms with Gasteiger partial charge in [-0.2, -0.15) is 13.2 Å². The van der Waals surface area contributed by atoms with Crippen LogP contribution in [-0.2, 0) is 17.5 Å². The van der Waals surface area contributed by atoms with E-state index in [1.165, 1.54) is 18.9 Å². The SMILES string of the molecule is C[C@H](N)C(=O)N(C)Cc1nc(C(F)(F)F)cs1. The van der Waals surface area contributed by atoms with Crippen molar-refractivity contribution in [3.05, 3.63) is 16.1 Å². The highest BCUT2D eigenvalue weighted by atomic mass is 32.1. The molecule has 0 aromatic carbocycles. The van der Waals surface area contributed by atoms with E-state index in [2.05, 4.69) is 4.98 Å². The smallest absolute Gasteiger partial charge is 0.338 e. The summed E-state index contributed by atoms with van der Waals surface area (Å²) in [5.74, 6) is -0.339. The molecule has 0 saturated carbocycles. The van der Waals surface area contributed by atoms with Crippen LogP contribution in [0.3, 0.4) is 0 Å². The highest BCUT2D eigenvalue weighted by molar-refractivity contribution is 7.09. The third-order valence-corrected chi connectivity index (χ3v) is 2.81. The molecule has 0 radical (unpaired) electrons. The molecule has 1 rings (SSSR count). The van der Waals surface area contributed by atoms with Crippen LogP contribution >= 0.6 is 11.3 Å². The Bertz CT molecular complexity index is 402. The van der Waals surface area contributed by atoms with Crippen LogP contribution in [0.25, 0.3) is 0 Å². The zero-order valence-corrected chi connectivity index (χ0v) is 10.1. The third-order valence-electron chi connectivity index (χ3n) is 1.98. The molecule has 0 saturated heterocycles. The number of carbonyl (C=O) groups is 1. The van der Waals surface area contributed by atoms with E-state index < -0.39 is 17.9 Å². The Hall–Kier alpha value is -1.15. The number of rotatable bonds is 3. The minimum Gasteiger partial charge on any atom is -0.338 e. The van der Waals surface area contributed by atoms with Gasteiger partial charge >= 0.3 is 6.18 Å². The number of nitrogens with zero attached hydrogens (tertiary/aromatic N) is 2. The summed E-state index contributed by atoms with van der Waals surface area (Å²) in [5.41, 5.74) is 4.45. The third kappa shape index (κ3) is 3.67. The second-order valence-electron chi connectivity index (χ2n) is 3.61.